The Hall–Kier alpha value is -1.37. The van der Waals surface area contributed by atoms with E-state index in [-0.39, 0.29) is 12.1 Å². The zero-order chi connectivity index (χ0) is 16.2. The first-order chi connectivity index (χ1) is 11.1. The van der Waals surface area contributed by atoms with Crippen molar-refractivity contribution in [3.63, 3.8) is 0 Å². The van der Waals surface area contributed by atoms with Crippen LogP contribution in [0.4, 0.5) is 4.79 Å². The van der Waals surface area contributed by atoms with Crippen LogP contribution < -0.4 is 5.32 Å². The molecule has 0 bridgehead atoms. The number of nitrogens with zero attached hydrogens (tertiary/aromatic N) is 2. The summed E-state index contributed by atoms with van der Waals surface area (Å²) in [6.45, 7) is 3.09. The number of halogens is 1. The van der Waals surface area contributed by atoms with Gasteiger partial charge >= 0.3 is 6.03 Å². The van der Waals surface area contributed by atoms with E-state index in [1.807, 2.05) is 34.5 Å². The molecule has 2 heterocycles. The highest BCUT2D eigenvalue weighted by Crippen LogP contribution is 2.25. The Morgan fingerprint density at radius 3 is 2.83 bits per heavy atom. The minimum atomic E-state index is 0.0106. The molecule has 2 amide bonds. The fourth-order valence-electron chi connectivity index (χ4n) is 2.83. The zero-order valence-electron chi connectivity index (χ0n) is 13.0. The van der Waals surface area contributed by atoms with Crippen LogP contribution in [-0.2, 0) is 6.54 Å². The first-order valence-electron chi connectivity index (χ1n) is 7.64. The monoisotopic (exact) mass is 393 g/mol. The summed E-state index contributed by atoms with van der Waals surface area (Å²) in [6.07, 6.45) is 0. The van der Waals surface area contributed by atoms with Gasteiger partial charge in [0.05, 0.1) is 12.6 Å². The second kappa shape index (κ2) is 7.47. The van der Waals surface area contributed by atoms with Gasteiger partial charge in [0.1, 0.15) is 0 Å². The number of carbonyl (C=O) groups excluding carboxylic acids is 1. The Kier molecular flexibility index (Phi) is 5.35. The molecule has 122 valence electrons. The lowest BCUT2D eigenvalue weighted by Crippen LogP contribution is -2.52. The molecule has 1 saturated heterocycles. The van der Waals surface area contributed by atoms with Gasteiger partial charge in [0.15, 0.2) is 0 Å². The fraction of sp³-hybridized carbons (Fsp3) is 0.353. The van der Waals surface area contributed by atoms with Gasteiger partial charge in [-0.3, -0.25) is 0 Å². The van der Waals surface area contributed by atoms with E-state index < -0.39 is 0 Å². The largest absolute Gasteiger partial charge is 0.333 e. The van der Waals surface area contributed by atoms with Crippen molar-refractivity contribution in [2.45, 2.75) is 12.6 Å². The van der Waals surface area contributed by atoms with Crippen molar-refractivity contribution in [1.29, 1.82) is 0 Å². The molecule has 1 unspecified atom stereocenters. The number of benzene rings is 1. The highest BCUT2D eigenvalue weighted by Gasteiger charge is 2.30. The molecule has 4 nitrogen and oxygen atoms in total. The standard InChI is InChI=1S/C17H20BrN3OS/c1-20-7-8-21(16(11-20)13-5-3-2-4-6-13)17(22)19-10-15-9-14(18)12-23-15/h2-6,9,12,16H,7-8,10-11H2,1H3,(H,19,22). The maximum Gasteiger partial charge on any atom is 0.318 e. The van der Waals surface area contributed by atoms with Crippen molar-refractivity contribution in [2.24, 2.45) is 0 Å². The molecule has 0 saturated carbocycles. The van der Waals surface area contributed by atoms with Gasteiger partial charge in [0.2, 0.25) is 0 Å². The number of thiophene rings is 1. The third-order valence-electron chi connectivity index (χ3n) is 4.06. The van der Waals surface area contributed by atoms with Crippen molar-refractivity contribution in [3.05, 3.63) is 56.7 Å². The molecule has 6 heteroatoms. The molecule has 1 aliphatic rings. The molecule has 2 aromatic rings. The van der Waals surface area contributed by atoms with E-state index in [9.17, 15) is 4.79 Å². The second-order valence-corrected chi connectivity index (χ2v) is 7.68. The van der Waals surface area contributed by atoms with E-state index >= 15 is 0 Å². The molecular formula is C17H20BrN3OS. The molecular weight excluding hydrogens is 374 g/mol. The Labute approximate surface area is 149 Å². The fourth-order valence-corrected chi connectivity index (χ4v) is 4.22. The molecule has 0 aliphatic carbocycles. The number of hydrogen-bond acceptors (Lipinski definition) is 3. The number of likely N-dealkylation sites (N-methyl/N-ethyl adjacent to an activating group) is 1. The molecule has 1 N–H and O–H groups in total. The van der Waals surface area contributed by atoms with Crippen LogP contribution in [0.1, 0.15) is 16.5 Å². The topological polar surface area (TPSA) is 35.6 Å². The van der Waals surface area contributed by atoms with E-state index in [1.54, 1.807) is 11.3 Å². The van der Waals surface area contributed by atoms with Crippen LogP contribution in [0.3, 0.4) is 0 Å². The van der Waals surface area contributed by atoms with Gasteiger partial charge in [-0.25, -0.2) is 4.79 Å². The van der Waals surface area contributed by atoms with Crippen molar-refractivity contribution in [3.8, 4) is 0 Å². The summed E-state index contributed by atoms with van der Waals surface area (Å²) >= 11 is 5.09. The normalized spacial score (nSPS) is 18.9. The smallest absolute Gasteiger partial charge is 0.318 e. The Morgan fingerprint density at radius 2 is 2.13 bits per heavy atom. The predicted octanol–water partition coefficient (Wildman–Crippen LogP) is 3.71. The third kappa shape index (κ3) is 4.13. The molecule has 1 atom stereocenters. The molecule has 0 radical (unpaired) electrons. The SMILES string of the molecule is CN1CCN(C(=O)NCc2cc(Br)cs2)C(c2ccccc2)C1. The Balaban J connectivity index is 1.69. The average molecular weight is 394 g/mol. The van der Waals surface area contributed by atoms with Crippen molar-refractivity contribution < 1.29 is 4.79 Å². The highest BCUT2D eigenvalue weighted by atomic mass is 79.9. The molecule has 23 heavy (non-hydrogen) atoms. The second-order valence-electron chi connectivity index (χ2n) is 5.77. The summed E-state index contributed by atoms with van der Waals surface area (Å²) in [5.74, 6) is 0. The minimum absolute atomic E-state index is 0.0106. The number of rotatable bonds is 3. The highest BCUT2D eigenvalue weighted by molar-refractivity contribution is 9.10. The van der Waals surface area contributed by atoms with Crippen LogP contribution in [0.25, 0.3) is 0 Å². The van der Waals surface area contributed by atoms with Gasteiger partial charge in [-0.1, -0.05) is 30.3 Å². The quantitative estimate of drug-likeness (QED) is 0.862. The number of nitrogens with one attached hydrogen (secondary N) is 1. The number of hydrogen-bond donors (Lipinski definition) is 1. The molecule has 1 aromatic carbocycles. The van der Waals surface area contributed by atoms with Gasteiger partial charge in [-0.15, -0.1) is 11.3 Å². The first-order valence-corrected chi connectivity index (χ1v) is 9.31. The summed E-state index contributed by atoms with van der Waals surface area (Å²) in [4.78, 5) is 18.0. The maximum atomic E-state index is 12.7. The van der Waals surface area contributed by atoms with Crippen LogP contribution in [0, 0.1) is 0 Å². The Morgan fingerprint density at radius 1 is 1.35 bits per heavy atom. The average Bonchev–Trinajstić information content (AvgIpc) is 2.99. The lowest BCUT2D eigenvalue weighted by atomic mass is 10.0. The lowest BCUT2D eigenvalue weighted by Gasteiger charge is -2.40. The summed E-state index contributed by atoms with van der Waals surface area (Å²) in [5, 5.41) is 5.09. The molecule has 1 aliphatic heterocycles. The van der Waals surface area contributed by atoms with Gasteiger partial charge in [-0.2, -0.15) is 0 Å². The first kappa shape index (κ1) is 16.5. The predicted molar refractivity (Wildman–Crippen MR) is 97.6 cm³/mol. The summed E-state index contributed by atoms with van der Waals surface area (Å²) in [5.41, 5.74) is 1.19. The van der Waals surface area contributed by atoms with E-state index in [0.717, 1.165) is 29.0 Å². The summed E-state index contributed by atoms with van der Waals surface area (Å²) in [7, 11) is 2.11. The summed E-state index contributed by atoms with van der Waals surface area (Å²) < 4.78 is 1.06. The van der Waals surface area contributed by atoms with Crippen LogP contribution in [0.5, 0.6) is 0 Å². The molecule has 1 aromatic heterocycles. The van der Waals surface area contributed by atoms with Crippen molar-refractivity contribution in [1.82, 2.24) is 15.1 Å². The lowest BCUT2D eigenvalue weighted by molar-refractivity contribution is 0.108. The summed E-state index contributed by atoms with van der Waals surface area (Å²) in [6, 6.07) is 12.4. The minimum Gasteiger partial charge on any atom is -0.333 e. The van der Waals surface area contributed by atoms with Gasteiger partial charge in [0.25, 0.3) is 0 Å². The number of carbonyl (C=O) groups is 1. The van der Waals surface area contributed by atoms with E-state index in [0.29, 0.717) is 6.54 Å². The van der Waals surface area contributed by atoms with Gasteiger partial charge in [0, 0.05) is 34.4 Å². The molecule has 1 fully saturated rings. The molecule has 0 spiro atoms. The maximum absolute atomic E-state index is 12.7. The number of piperazine rings is 1. The van der Waals surface area contributed by atoms with Gasteiger partial charge < -0.3 is 15.1 Å². The van der Waals surface area contributed by atoms with Gasteiger partial charge in [-0.05, 0) is 34.6 Å². The molecule has 3 rings (SSSR count). The Bertz CT molecular complexity index is 661. The third-order valence-corrected chi connectivity index (χ3v) is 5.76. The number of amides is 2. The van der Waals surface area contributed by atoms with Crippen molar-refractivity contribution in [2.75, 3.05) is 26.7 Å². The van der Waals surface area contributed by atoms with Crippen LogP contribution in [0.2, 0.25) is 0 Å². The van der Waals surface area contributed by atoms with Crippen molar-refractivity contribution >= 4 is 33.3 Å². The van der Waals surface area contributed by atoms with Crippen LogP contribution >= 0.6 is 27.3 Å². The van der Waals surface area contributed by atoms with Crippen LogP contribution in [0.15, 0.2) is 46.3 Å². The van der Waals surface area contributed by atoms with E-state index in [4.69, 9.17) is 0 Å². The van der Waals surface area contributed by atoms with Crippen LogP contribution in [-0.4, -0.2) is 42.5 Å². The van der Waals surface area contributed by atoms with E-state index in [2.05, 4.69) is 45.3 Å². The van der Waals surface area contributed by atoms with E-state index in [1.165, 1.54) is 5.56 Å². The zero-order valence-corrected chi connectivity index (χ0v) is 15.4. The number of urea groups is 1.